The quantitative estimate of drug-likeness (QED) is 0.807. The van der Waals surface area contributed by atoms with Crippen molar-refractivity contribution < 1.29 is 24.2 Å². The SMILES string of the molecule is COC(OC)[C@H]1C(c2ccccc2)=NO[C@@H]1C(=O)O. The number of hydrogen-bond donors (Lipinski definition) is 1. The van der Waals surface area contributed by atoms with Crippen molar-refractivity contribution in [2.45, 2.75) is 12.4 Å². The van der Waals surface area contributed by atoms with E-state index in [1.54, 1.807) is 0 Å². The number of carboxylic acid groups (broad SMARTS) is 1. The molecule has 6 nitrogen and oxygen atoms in total. The van der Waals surface area contributed by atoms with Crippen LogP contribution in [0.5, 0.6) is 0 Å². The first-order valence-electron chi connectivity index (χ1n) is 5.76. The zero-order chi connectivity index (χ0) is 13.8. The molecule has 0 radical (unpaired) electrons. The molecule has 1 aliphatic rings. The van der Waals surface area contributed by atoms with Crippen LogP contribution in [-0.2, 0) is 19.1 Å². The number of nitrogens with zero attached hydrogens (tertiary/aromatic N) is 1. The molecule has 0 aliphatic carbocycles. The smallest absolute Gasteiger partial charge is 0.348 e. The highest BCUT2D eigenvalue weighted by atomic mass is 16.7. The summed E-state index contributed by atoms with van der Waals surface area (Å²) in [5.41, 5.74) is 1.30. The maximum absolute atomic E-state index is 11.2. The first-order chi connectivity index (χ1) is 9.19. The molecule has 0 saturated carbocycles. The molecule has 1 N–H and O–H groups in total. The molecule has 1 aliphatic heterocycles. The molecule has 0 unspecified atom stereocenters. The molecule has 19 heavy (non-hydrogen) atoms. The van der Waals surface area contributed by atoms with Crippen LogP contribution in [0, 0.1) is 5.92 Å². The summed E-state index contributed by atoms with van der Waals surface area (Å²) >= 11 is 0. The van der Waals surface area contributed by atoms with E-state index in [0.717, 1.165) is 5.56 Å². The summed E-state index contributed by atoms with van der Waals surface area (Å²) in [5.74, 6) is -1.71. The van der Waals surface area contributed by atoms with Gasteiger partial charge in [-0.05, 0) is 5.56 Å². The van der Waals surface area contributed by atoms with Gasteiger partial charge in [-0.2, -0.15) is 0 Å². The molecule has 1 aromatic rings. The highest BCUT2D eigenvalue weighted by Gasteiger charge is 2.45. The minimum atomic E-state index is -1.11. The fourth-order valence-electron chi connectivity index (χ4n) is 2.10. The molecular formula is C13H15NO5. The molecule has 6 heteroatoms. The Bertz CT molecular complexity index is 469. The topological polar surface area (TPSA) is 77.3 Å². The standard InChI is InChI=1S/C13H15NO5/c1-17-13(18-2)9-10(8-6-4-3-5-7-8)14-19-11(9)12(15)16/h3-7,9,11,13H,1-2H3,(H,15,16)/t9-,11-/m0/s1. The van der Waals surface area contributed by atoms with E-state index in [1.165, 1.54) is 14.2 Å². The lowest BCUT2D eigenvalue weighted by Crippen LogP contribution is -2.41. The zero-order valence-electron chi connectivity index (χ0n) is 10.6. The lowest BCUT2D eigenvalue weighted by Gasteiger charge is -2.23. The van der Waals surface area contributed by atoms with Crippen molar-refractivity contribution in [3.05, 3.63) is 35.9 Å². The fraction of sp³-hybridized carbons (Fsp3) is 0.385. The van der Waals surface area contributed by atoms with Gasteiger partial charge < -0.3 is 19.4 Å². The largest absolute Gasteiger partial charge is 0.478 e. The molecule has 0 fully saturated rings. The Morgan fingerprint density at radius 2 is 1.95 bits per heavy atom. The van der Waals surface area contributed by atoms with Crippen molar-refractivity contribution >= 4 is 11.7 Å². The maximum atomic E-state index is 11.2. The van der Waals surface area contributed by atoms with Crippen LogP contribution in [0.1, 0.15) is 5.56 Å². The molecular weight excluding hydrogens is 250 g/mol. The van der Waals surface area contributed by atoms with Crippen LogP contribution in [0.4, 0.5) is 0 Å². The van der Waals surface area contributed by atoms with E-state index in [2.05, 4.69) is 5.16 Å². The van der Waals surface area contributed by atoms with Gasteiger partial charge in [-0.1, -0.05) is 35.5 Å². The molecule has 0 bridgehead atoms. The minimum Gasteiger partial charge on any atom is -0.478 e. The van der Waals surface area contributed by atoms with Crippen LogP contribution in [0.15, 0.2) is 35.5 Å². The third kappa shape index (κ3) is 2.59. The second-order valence-corrected chi connectivity index (χ2v) is 4.07. The van der Waals surface area contributed by atoms with Crippen LogP contribution in [-0.4, -0.2) is 43.4 Å². The highest BCUT2D eigenvalue weighted by molar-refractivity contribution is 6.05. The van der Waals surface area contributed by atoms with E-state index in [4.69, 9.17) is 14.3 Å². The number of methoxy groups -OCH3 is 2. The van der Waals surface area contributed by atoms with Crippen LogP contribution < -0.4 is 0 Å². The Kier molecular flexibility index (Phi) is 4.13. The van der Waals surface area contributed by atoms with Gasteiger partial charge in [0.05, 0.1) is 5.71 Å². The van der Waals surface area contributed by atoms with Crippen molar-refractivity contribution in [2.75, 3.05) is 14.2 Å². The highest BCUT2D eigenvalue weighted by Crippen LogP contribution is 2.28. The maximum Gasteiger partial charge on any atom is 0.348 e. The first kappa shape index (κ1) is 13.5. The molecule has 0 spiro atoms. The monoisotopic (exact) mass is 265 g/mol. The van der Waals surface area contributed by atoms with E-state index in [1.807, 2.05) is 30.3 Å². The summed E-state index contributed by atoms with van der Waals surface area (Å²) < 4.78 is 10.3. The van der Waals surface area contributed by atoms with Crippen molar-refractivity contribution in [3.8, 4) is 0 Å². The summed E-state index contributed by atoms with van der Waals surface area (Å²) in [6.07, 6.45) is -1.84. The Labute approximate surface area is 110 Å². The number of rotatable bonds is 5. The summed E-state index contributed by atoms with van der Waals surface area (Å²) in [5, 5.41) is 13.1. The predicted octanol–water partition coefficient (Wildman–Crippen LogP) is 1.11. The third-order valence-corrected chi connectivity index (χ3v) is 2.98. The van der Waals surface area contributed by atoms with Gasteiger partial charge in [0.15, 0.2) is 6.29 Å². The Morgan fingerprint density at radius 3 is 2.47 bits per heavy atom. The first-order valence-corrected chi connectivity index (χ1v) is 5.76. The van der Waals surface area contributed by atoms with Crippen molar-refractivity contribution in [1.29, 1.82) is 0 Å². The molecule has 0 amide bonds. The molecule has 0 saturated heterocycles. The van der Waals surface area contributed by atoms with Crippen LogP contribution in [0.25, 0.3) is 0 Å². The minimum absolute atomic E-state index is 0.515. The Hall–Kier alpha value is -1.92. The van der Waals surface area contributed by atoms with Gasteiger partial charge in [0.25, 0.3) is 0 Å². The van der Waals surface area contributed by atoms with Gasteiger partial charge >= 0.3 is 5.97 Å². The molecule has 0 aromatic heterocycles. The Morgan fingerprint density at radius 1 is 1.32 bits per heavy atom. The van der Waals surface area contributed by atoms with E-state index in [-0.39, 0.29) is 0 Å². The fourth-order valence-corrected chi connectivity index (χ4v) is 2.10. The zero-order valence-corrected chi connectivity index (χ0v) is 10.6. The second-order valence-electron chi connectivity index (χ2n) is 4.07. The predicted molar refractivity (Wildman–Crippen MR) is 66.8 cm³/mol. The molecule has 1 aromatic carbocycles. The van der Waals surface area contributed by atoms with Crippen LogP contribution in [0.2, 0.25) is 0 Å². The average Bonchev–Trinajstić information content (AvgIpc) is 2.86. The van der Waals surface area contributed by atoms with Gasteiger partial charge in [0.1, 0.15) is 5.92 Å². The number of ether oxygens (including phenoxy) is 2. The number of benzene rings is 1. The molecule has 2 atom stereocenters. The number of oxime groups is 1. The Balaban J connectivity index is 2.35. The van der Waals surface area contributed by atoms with Crippen LogP contribution >= 0.6 is 0 Å². The molecule has 1 heterocycles. The second kappa shape index (κ2) is 5.81. The van der Waals surface area contributed by atoms with Gasteiger partial charge in [0.2, 0.25) is 6.10 Å². The molecule has 102 valence electrons. The molecule has 2 rings (SSSR count). The number of aliphatic carboxylic acids is 1. The van der Waals surface area contributed by atoms with E-state index >= 15 is 0 Å². The normalized spacial score (nSPS) is 22.2. The van der Waals surface area contributed by atoms with Crippen molar-refractivity contribution in [2.24, 2.45) is 11.1 Å². The summed E-state index contributed by atoms with van der Waals surface area (Å²) in [4.78, 5) is 16.2. The van der Waals surface area contributed by atoms with Gasteiger partial charge in [0, 0.05) is 14.2 Å². The van der Waals surface area contributed by atoms with E-state index < -0.39 is 24.3 Å². The summed E-state index contributed by atoms with van der Waals surface area (Å²) in [6.45, 7) is 0. The van der Waals surface area contributed by atoms with E-state index in [0.29, 0.717) is 5.71 Å². The van der Waals surface area contributed by atoms with Crippen molar-refractivity contribution in [1.82, 2.24) is 0 Å². The third-order valence-electron chi connectivity index (χ3n) is 2.98. The number of hydrogen-bond acceptors (Lipinski definition) is 5. The van der Waals surface area contributed by atoms with Gasteiger partial charge in [-0.15, -0.1) is 0 Å². The lowest BCUT2D eigenvalue weighted by molar-refractivity contribution is -0.168. The van der Waals surface area contributed by atoms with Gasteiger partial charge in [-0.3, -0.25) is 0 Å². The number of carbonyl (C=O) groups is 1. The average molecular weight is 265 g/mol. The summed E-state index contributed by atoms with van der Waals surface area (Å²) in [7, 11) is 2.90. The van der Waals surface area contributed by atoms with Crippen LogP contribution in [0.3, 0.4) is 0 Å². The number of carboxylic acids is 1. The summed E-state index contributed by atoms with van der Waals surface area (Å²) in [6, 6.07) is 9.23. The van der Waals surface area contributed by atoms with E-state index in [9.17, 15) is 9.90 Å². The van der Waals surface area contributed by atoms with Crippen molar-refractivity contribution in [3.63, 3.8) is 0 Å². The van der Waals surface area contributed by atoms with Gasteiger partial charge in [-0.25, -0.2) is 4.79 Å². The lowest BCUT2D eigenvalue weighted by atomic mass is 9.91.